The average molecular weight is 215 g/mol. The predicted octanol–water partition coefficient (Wildman–Crippen LogP) is 2.34. The first-order chi connectivity index (χ1) is 6.97. The van der Waals surface area contributed by atoms with E-state index in [-0.39, 0.29) is 5.97 Å². The van der Waals surface area contributed by atoms with Crippen molar-refractivity contribution < 1.29 is 9.53 Å². The minimum Gasteiger partial charge on any atom is -0.464 e. The van der Waals surface area contributed by atoms with Crippen molar-refractivity contribution in [2.45, 2.75) is 53.0 Å². The van der Waals surface area contributed by atoms with Crippen molar-refractivity contribution in [1.29, 1.82) is 0 Å². The summed E-state index contributed by atoms with van der Waals surface area (Å²) < 4.78 is 5.16. The Morgan fingerprint density at radius 2 is 1.93 bits per heavy atom. The second-order valence-corrected chi connectivity index (χ2v) is 4.76. The van der Waals surface area contributed by atoms with Crippen LogP contribution in [0.2, 0.25) is 0 Å². The maximum absolute atomic E-state index is 11.4. The normalized spacial score (nSPS) is 15.1. The van der Waals surface area contributed by atoms with Gasteiger partial charge >= 0.3 is 5.97 Å². The Morgan fingerprint density at radius 1 is 1.33 bits per heavy atom. The zero-order valence-corrected chi connectivity index (χ0v) is 10.5. The molecular formula is C12H25NO2. The van der Waals surface area contributed by atoms with E-state index in [0.29, 0.717) is 24.9 Å². The first kappa shape index (κ1) is 14.4. The van der Waals surface area contributed by atoms with Crippen LogP contribution in [0.25, 0.3) is 0 Å². The maximum atomic E-state index is 11.4. The summed E-state index contributed by atoms with van der Waals surface area (Å²) >= 11 is 0. The maximum Gasteiger partial charge on any atom is 0.322 e. The van der Waals surface area contributed by atoms with Gasteiger partial charge in [-0.25, -0.2) is 0 Å². The molecule has 2 atom stereocenters. The molecule has 3 heteroatoms. The molecule has 15 heavy (non-hydrogen) atoms. The van der Waals surface area contributed by atoms with E-state index < -0.39 is 6.04 Å². The monoisotopic (exact) mass is 215 g/mol. The lowest BCUT2D eigenvalue weighted by molar-refractivity contribution is -0.146. The number of carbonyl (C=O) groups is 1. The van der Waals surface area contributed by atoms with Crippen molar-refractivity contribution in [3.8, 4) is 0 Å². The fourth-order valence-electron chi connectivity index (χ4n) is 1.51. The number of nitrogens with two attached hydrogens (primary N) is 1. The van der Waals surface area contributed by atoms with Crippen LogP contribution in [0.15, 0.2) is 0 Å². The van der Waals surface area contributed by atoms with Crippen LogP contribution in [0, 0.1) is 11.8 Å². The van der Waals surface area contributed by atoms with E-state index >= 15 is 0 Å². The van der Waals surface area contributed by atoms with Gasteiger partial charge in [0.15, 0.2) is 0 Å². The van der Waals surface area contributed by atoms with Crippen molar-refractivity contribution in [1.82, 2.24) is 0 Å². The minimum atomic E-state index is -0.459. The number of rotatable bonds is 7. The van der Waals surface area contributed by atoms with Crippen molar-refractivity contribution >= 4 is 5.97 Å². The molecule has 2 unspecified atom stereocenters. The lowest BCUT2D eigenvalue weighted by atomic mass is 10.0. The summed E-state index contributed by atoms with van der Waals surface area (Å²) in [5, 5.41) is 0. The van der Waals surface area contributed by atoms with Crippen LogP contribution in [-0.2, 0) is 9.53 Å². The lowest BCUT2D eigenvalue weighted by Crippen LogP contribution is -2.34. The number of esters is 1. The van der Waals surface area contributed by atoms with Crippen LogP contribution in [0.4, 0.5) is 0 Å². The molecule has 0 aliphatic heterocycles. The van der Waals surface area contributed by atoms with Gasteiger partial charge in [0.2, 0.25) is 0 Å². The van der Waals surface area contributed by atoms with Gasteiger partial charge in [-0.15, -0.1) is 0 Å². The summed E-state index contributed by atoms with van der Waals surface area (Å²) in [4.78, 5) is 11.4. The third-order valence-corrected chi connectivity index (χ3v) is 2.32. The third kappa shape index (κ3) is 7.37. The summed E-state index contributed by atoms with van der Waals surface area (Å²) in [7, 11) is 0. The quantitative estimate of drug-likeness (QED) is 0.663. The van der Waals surface area contributed by atoms with Gasteiger partial charge in [-0.2, -0.15) is 0 Å². The Labute approximate surface area is 93.4 Å². The molecule has 0 amide bonds. The predicted molar refractivity (Wildman–Crippen MR) is 62.5 cm³/mol. The average Bonchev–Trinajstić information content (AvgIpc) is 2.13. The standard InChI is InChI=1S/C12H25NO2/c1-5-6-10(4)8-15-12(14)11(13)7-9(2)3/h9-11H,5-8,13H2,1-4H3. The third-order valence-electron chi connectivity index (χ3n) is 2.32. The topological polar surface area (TPSA) is 52.3 Å². The Balaban J connectivity index is 3.72. The highest BCUT2D eigenvalue weighted by molar-refractivity contribution is 5.75. The second-order valence-electron chi connectivity index (χ2n) is 4.76. The number of hydrogen-bond acceptors (Lipinski definition) is 3. The van der Waals surface area contributed by atoms with E-state index in [1.54, 1.807) is 0 Å². The van der Waals surface area contributed by atoms with E-state index in [1.807, 2.05) is 13.8 Å². The Hall–Kier alpha value is -0.570. The van der Waals surface area contributed by atoms with Crippen LogP contribution in [0.1, 0.15) is 47.0 Å². The lowest BCUT2D eigenvalue weighted by Gasteiger charge is -2.15. The Morgan fingerprint density at radius 3 is 2.40 bits per heavy atom. The smallest absolute Gasteiger partial charge is 0.322 e. The summed E-state index contributed by atoms with van der Waals surface area (Å²) in [6.45, 7) is 8.81. The zero-order chi connectivity index (χ0) is 11.8. The number of carbonyl (C=O) groups excluding carboxylic acids is 1. The van der Waals surface area contributed by atoms with E-state index in [4.69, 9.17) is 10.5 Å². The Bertz CT molecular complexity index is 180. The highest BCUT2D eigenvalue weighted by Gasteiger charge is 2.17. The van der Waals surface area contributed by atoms with Gasteiger partial charge in [0.05, 0.1) is 6.61 Å². The van der Waals surface area contributed by atoms with Crippen molar-refractivity contribution in [2.24, 2.45) is 17.6 Å². The van der Waals surface area contributed by atoms with Gasteiger partial charge in [0.25, 0.3) is 0 Å². The molecule has 0 spiro atoms. The van der Waals surface area contributed by atoms with Crippen LogP contribution in [-0.4, -0.2) is 18.6 Å². The molecule has 0 aromatic rings. The molecule has 0 aromatic heterocycles. The van der Waals surface area contributed by atoms with Crippen LogP contribution in [0.5, 0.6) is 0 Å². The molecule has 0 radical (unpaired) electrons. The van der Waals surface area contributed by atoms with Gasteiger partial charge < -0.3 is 10.5 Å². The molecule has 2 N–H and O–H groups in total. The number of ether oxygens (including phenoxy) is 1. The van der Waals surface area contributed by atoms with Gasteiger partial charge in [0, 0.05) is 0 Å². The largest absolute Gasteiger partial charge is 0.464 e. The van der Waals surface area contributed by atoms with Crippen LogP contribution >= 0.6 is 0 Å². The van der Waals surface area contributed by atoms with Crippen molar-refractivity contribution in [3.63, 3.8) is 0 Å². The molecule has 0 saturated heterocycles. The van der Waals surface area contributed by atoms with E-state index in [9.17, 15) is 4.79 Å². The SMILES string of the molecule is CCCC(C)COC(=O)C(N)CC(C)C. The van der Waals surface area contributed by atoms with Crippen molar-refractivity contribution in [2.75, 3.05) is 6.61 Å². The molecule has 0 heterocycles. The molecule has 0 aliphatic carbocycles. The highest BCUT2D eigenvalue weighted by atomic mass is 16.5. The fraction of sp³-hybridized carbons (Fsp3) is 0.917. The fourth-order valence-corrected chi connectivity index (χ4v) is 1.51. The first-order valence-corrected chi connectivity index (χ1v) is 5.89. The van der Waals surface area contributed by atoms with Gasteiger partial charge in [-0.05, 0) is 24.7 Å². The van der Waals surface area contributed by atoms with Gasteiger partial charge in [-0.1, -0.05) is 34.1 Å². The van der Waals surface area contributed by atoms with Crippen LogP contribution < -0.4 is 5.73 Å². The minimum absolute atomic E-state index is 0.258. The zero-order valence-electron chi connectivity index (χ0n) is 10.5. The van der Waals surface area contributed by atoms with Gasteiger partial charge in [-0.3, -0.25) is 4.79 Å². The van der Waals surface area contributed by atoms with E-state index in [1.165, 1.54) is 0 Å². The van der Waals surface area contributed by atoms with E-state index in [2.05, 4.69) is 13.8 Å². The molecule has 90 valence electrons. The molecule has 0 saturated carbocycles. The van der Waals surface area contributed by atoms with Gasteiger partial charge in [0.1, 0.15) is 6.04 Å². The van der Waals surface area contributed by atoms with Crippen molar-refractivity contribution in [3.05, 3.63) is 0 Å². The van der Waals surface area contributed by atoms with E-state index in [0.717, 1.165) is 12.8 Å². The molecule has 0 rings (SSSR count). The second kappa shape index (κ2) is 7.69. The summed E-state index contributed by atoms with van der Waals surface area (Å²) in [5.74, 6) is 0.609. The Kier molecular flexibility index (Phi) is 7.39. The number of hydrogen-bond donors (Lipinski definition) is 1. The summed E-state index contributed by atoms with van der Waals surface area (Å²) in [6, 6.07) is -0.459. The molecule has 0 fully saturated rings. The molecule has 0 aromatic carbocycles. The molecule has 0 bridgehead atoms. The highest BCUT2D eigenvalue weighted by Crippen LogP contribution is 2.08. The molecular weight excluding hydrogens is 190 g/mol. The molecule has 0 aliphatic rings. The summed E-state index contributed by atoms with van der Waals surface area (Å²) in [6.07, 6.45) is 2.91. The molecule has 3 nitrogen and oxygen atoms in total. The first-order valence-electron chi connectivity index (χ1n) is 5.89. The van der Waals surface area contributed by atoms with Crippen LogP contribution in [0.3, 0.4) is 0 Å². The summed E-state index contributed by atoms with van der Waals surface area (Å²) in [5.41, 5.74) is 5.70.